The van der Waals surface area contributed by atoms with Crippen molar-refractivity contribution in [3.8, 4) is 0 Å². The third-order valence-corrected chi connectivity index (χ3v) is 4.76. The van der Waals surface area contributed by atoms with Gasteiger partial charge in [0.05, 0.1) is 0 Å². The van der Waals surface area contributed by atoms with Gasteiger partial charge in [-0.25, -0.2) is 35.0 Å². The van der Waals surface area contributed by atoms with Gasteiger partial charge < -0.3 is 32.6 Å². The molecule has 0 aliphatic heterocycles. The van der Waals surface area contributed by atoms with Crippen molar-refractivity contribution in [1.29, 1.82) is 0 Å². The van der Waals surface area contributed by atoms with Crippen LogP contribution in [-0.4, -0.2) is 65.1 Å². The van der Waals surface area contributed by atoms with Gasteiger partial charge in [0.2, 0.25) is 11.8 Å². The minimum Gasteiger partial charge on any atom is -0.445 e. The Balaban J connectivity index is 2.78. The molecule has 0 bridgehead atoms. The molecule has 1 rings (SSSR count). The van der Waals surface area contributed by atoms with Gasteiger partial charge in [0, 0.05) is 13.1 Å². The van der Waals surface area contributed by atoms with Crippen LogP contribution in [0.3, 0.4) is 0 Å². The lowest BCUT2D eigenvalue weighted by molar-refractivity contribution is -0.525. The number of carbonyl (C=O) groups excluding carboxylic acids is 3. The first kappa shape index (κ1) is 31.8. The summed E-state index contributed by atoms with van der Waals surface area (Å²) in [5.41, 5.74) is 20.1. The second-order valence-electron chi connectivity index (χ2n) is 7.78. The van der Waals surface area contributed by atoms with E-state index in [2.05, 4.69) is 20.6 Å². The molecule has 0 saturated heterocycles. The summed E-state index contributed by atoms with van der Waals surface area (Å²) >= 11 is 0. The maximum absolute atomic E-state index is 12.9. The van der Waals surface area contributed by atoms with Gasteiger partial charge in [-0.2, -0.15) is 0 Å². The molecule has 0 spiro atoms. The number of ether oxygens (including phenoxy) is 1. The maximum Gasteiger partial charge on any atom is 0.408 e. The molecule has 0 aromatic heterocycles. The van der Waals surface area contributed by atoms with E-state index in [4.69, 9.17) is 21.9 Å². The highest BCUT2D eigenvalue weighted by Crippen LogP contribution is 2.05. The fraction of sp³-hybridized carbons (Fsp3) is 0.450. The zero-order chi connectivity index (χ0) is 29.2. The fourth-order valence-electron chi connectivity index (χ4n) is 2.98. The summed E-state index contributed by atoms with van der Waals surface area (Å²) < 4.78 is 5.14. The second kappa shape index (κ2) is 17.3. The Morgan fingerprint density at radius 3 is 1.85 bits per heavy atom. The monoisotopic (exact) mass is 553 g/mol. The lowest BCUT2D eigenvalue weighted by atomic mass is 10.1. The lowest BCUT2D eigenvalue weighted by Gasteiger charge is -2.21. The number of nitrogens with two attached hydrogens (primary N) is 3. The topological polar surface area (TPSA) is 298 Å². The molecule has 0 saturated carbocycles. The first-order valence-electron chi connectivity index (χ1n) is 11.5. The van der Waals surface area contributed by atoms with Crippen molar-refractivity contribution < 1.29 is 29.2 Å². The van der Waals surface area contributed by atoms with Crippen LogP contribution in [0.1, 0.15) is 31.2 Å². The average molecular weight is 554 g/mol. The van der Waals surface area contributed by atoms with Crippen molar-refractivity contribution in [2.24, 2.45) is 27.2 Å². The third kappa shape index (κ3) is 14.8. The van der Waals surface area contributed by atoms with Crippen LogP contribution in [0.15, 0.2) is 40.3 Å². The summed E-state index contributed by atoms with van der Waals surface area (Å²) in [5.74, 6) is -2.50. The van der Waals surface area contributed by atoms with Gasteiger partial charge in [0.25, 0.3) is 11.9 Å². The Bertz CT molecular complexity index is 1050. The zero-order valence-electron chi connectivity index (χ0n) is 20.8. The molecule has 3 amide bonds. The van der Waals surface area contributed by atoms with Crippen molar-refractivity contribution in [3.63, 3.8) is 0 Å². The number of nitrogens with zero attached hydrogens (tertiary/aromatic N) is 4. The Labute approximate surface area is 221 Å². The molecule has 39 heavy (non-hydrogen) atoms. The summed E-state index contributed by atoms with van der Waals surface area (Å²) in [7, 11) is 0. The highest BCUT2D eigenvalue weighted by Gasteiger charge is 2.26. The van der Waals surface area contributed by atoms with Gasteiger partial charge in [-0.15, -0.1) is 0 Å². The number of aliphatic imine (C=N–C) groups is 2. The van der Waals surface area contributed by atoms with Gasteiger partial charge in [0.1, 0.15) is 18.7 Å². The first-order chi connectivity index (χ1) is 18.5. The summed E-state index contributed by atoms with van der Waals surface area (Å²) in [6.07, 6.45) is -0.538. The summed E-state index contributed by atoms with van der Waals surface area (Å²) in [6, 6.07) is 6.45. The quantitative estimate of drug-likeness (QED) is 0.0384. The van der Waals surface area contributed by atoms with E-state index in [1.165, 1.54) is 0 Å². The van der Waals surface area contributed by atoms with Crippen LogP contribution in [-0.2, 0) is 20.9 Å². The van der Waals surface area contributed by atoms with E-state index in [1.807, 2.05) is 0 Å². The standard InChI is InChI=1S/C20H31N11O8/c21-16(32)14(8-4-10-24-18(22)28-30(35)36)26-17(33)15(9-5-11-25-19(23)29-31(37)38)27-20(34)39-12-13-6-2-1-3-7-13/h1-3,6-7,14-15H,4-5,8-12H2,(H2,21,32)(H,26,33)(H,27,34)(H3,22,24,28)(H3,23,25,29)/t14-,15-/m0/s1. The zero-order valence-corrected chi connectivity index (χ0v) is 20.8. The number of nitro groups is 2. The van der Waals surface area contributed by atoms with Crippen LogP contribution in [0, 0.1) is 20.2 Å². The Morgan fingerprint density at radius 2 is 1.36 bits per heavy atom. The summed E-state index contributed by atoms with van der Waals surface area (Å²) in [5, 5.41) is 23.8. The minimum atomic E-state index is -1.19. The number of hydrogen-bond donors (Lipinski definition) is 7. The van der Waals surface area contributed by atoms with Crippen molar-refractivity contribution in [3.05, 3.63) is 56.1 Å². The van der Waals surface area contributed by atoms with Crippen molar-refractivity contribution in [2.45, 2.75) is 44.4 Å². The van der Waals surface area contributed by atoms with E-state index < -0.39 is 52.0 Å². The largest absolute Gasteiger partial charge is 0.445 e. The number of benzene rings is 1. The van der Waals surface area contributed by atoms with E-state index in [-0.39, 0.29) is 45.4 Å². The van der Waals surface area contributed by atoms with Crippen LogP contribution >= 0.6 is 0 Å². The van der Waals surface area contributed by atoms with Gasteiger partial charge >= 0.3 is 6.09 Å². The van der Waals surface area contributed by atoms with Crippen LogP contribution in [0.5, 0.6) is 0 Å². The molecule has 10 N–H and O–H groups in total. The number of amides is 3. The third-order valence-electron chi connectivity index (χ3n) is 4.76. The normalized spacial score (nSPS) is 12.9. The summed E-state index contributed by atoms with van der Waals surface area (Å²) in [6.45, 7) is -0.0846. The predicted molar refractivity (Wildman–Crippen MR) is 136 cm³/mol. The number of hydrazine groups is 2. The van der Waals surface area contributed by atoms with E-state index in [1.54, 1.807) is 41.2 Å². The number of nitrogens with one attached hydrogen (secondary N) is 4. The van der Waals surface area contributed by atoms with Gasteiger partial charge in [0.15, 0.2) is 10.1 Å². The van der Waals surface area contributed by atoms with Crippen molar-refractivity contribution in [1.82, 2.24) is 21.5 Å². The molecular weight excluding hydrogens is 522 g/mol. The lowest BCUT2D eigenvalue weighted by Crippen LogP contribution is -2.53. The van der Waals surface area contributed by atoms with E-state index >= 15 is 0 Å². The van der Waals surface area contributed by atoms with Crippen LogP contribution in [0.4, 0.5) is 4.79 Å². The van der Waals surface area contributed by atoms with Crippen molar-refractivity contribution >= 4 is 29.8 Å². The van der Waals surface area contributed by atoms with E-state index in [9.17, 15) is 34.6 Å². The Hall–Kier alpha value is -5.23. The molecule has 0 heterocycles. The molecular formula is C20H31N11O8. The number of hydrogen-bond acceptors (Lipinski definition) is 10. The SMILES string of the molecule is NC(=O)[C@H](CCCN=C(N)N[N+](=O)[O-])NC(=O)[C@H](CCCN=C(N)N[N+](=O)[O-])NC(=O)OCc1ccccc1. The predicted octanol–water partition coefficient (Wildman–Crippen LogP) is -2.00. The van der Waals surface area contributed by atoms with Gasteiger partial charge in [-0.3, -0.25) is 9.59 Å². The molecule has 0 fully saturated rings. The average Bonchev–Trinajstić information content (AvgIpc) is 2.85. The van der Waals surface area contributed by atoms with Crippen LogP contribution in [0.2, 0.25) is 0 Å². The molecule has 0 radical (unpaired) electrons. The molecule has 0 unspecified atom stereocenters. The first-order valence-corrected chi connectivity index (χ1v) is 11.5. The molecule has 19 nitrogen and oxygen atoms in total. The number of primary amides is 1. The molecule has 19 heteroatoms. The van der Waals surface area contributed by atoms with Crippen molar-refractivity contribution in [2.75, 3.05) is 13.1 Å². The Morgan fingerprint density at radius 1 is 0.846 bits per heavy atom. The van der Waals surface area contributed by atoms with Crippen LogP contribution in [0.25, 0.3) is 0 Å². The Kier molecular flexibility index (Phi) is 14.1. The number of rotatable bonds is 16. The summed E-state index contributed by atoms with van der Waals surface area (Å²) in [4.78, 5) is 65.3. The number of alkyl carbamates (subject to hydrolysis) is 1. The van der Waals surface area contributed by atoms with Crippen LogP contribution < -0.4 is 38.7 Å². The van der Waals surface area contributed by atoms with E-state index in [0.29, 0.717) is 5.56 Å². The van der Waals surface area contributed by atoms with Gasteiger partial charge in [-0.05, 0) is 31.2 Å². The molecule has 1 aromatic rings. The smallest absolute Gasteiger partial charge is 0.408 e. The second-order valence-corrected chi connectivity index (χ2v) is 7.78. The number of carbonyl (C=O) groups is 3. The van der Waals surface area contributed by atoms with E-state index in [0.717, 1.165) is 0 Å². The molecule has 0 aliphatic carbocycles. The molecule has 0 aliphatic rings. The molecule has 2 atom stereocenters. The van der Waals surface area contributed by atoms with Gasteiger partial charge in [-0.1, -0.05) is 41.2 Å². The fourth-order valence-corrected chi connectivity index (χ4v) is 2.98. The highest BCUT2D eigenvalue weighted by atomic mass is 16.7. The highest BCUT2D eigenvalue weighted by molar-refractivity contribution is 5.90. The molecule has 1 aromatic carbocycles. The molecule has 214 valence electrons. The number of guanidine groups is 2. The maximum atomic E-state index is 12.9. The minimum absolute atomic E-state index is 0.000380.